The zero-order valence-electron chi connectivity index (χ0n) is 7.69. The first-order valence-corrected chi connectivity index (χ1v) is 3.96. The predicted octanol–water partition coefficient (Wildman–Crippen LogP) is -2.39. The molecule has 0 saturated carbocycles. The van der Waals surface area contributed by atoms with Crippen LogP contribution in [0.3, 0.4) is 0 Å². The van der Waals surface area contributed by atoms with E-state index in [0.717, 1.165) is 0 Å². The van der Waals surface area contributed by atoms with Crippen LogP contribution in [-0.2, 0) is 9.59 Å². The summed E-state index contributed by atoms with van der Waals surface area (Å²) < 4.78 is 0. The van der Waals surface area contributed by atoms with Crippen LogP contribution >= 0.6 is 0 Å². The Morgan fingerprint density at radius 3 is 1.85 bits per heavy atom. The molecule has 0 fully saturated rings. The number of hydrogen-bond donors (Lipinski definition) is 3. The van der Waals surface area contributed by atoms with Crippen molar-refractivity contribution in [2.45, 2.75) is 13.0 Å². The molecule has 0 saturated heterocycles. The Balaban J connectivity index is 4.02. The lowest BCUT2D eigenvalue weighted by molar-refractivity contribution is -0.121. The smallest absolute Gasteiger partial charge is 0.231 e. The normalized spacial score (nSPS) is 12.8. The van der Waals surface area contributed by atoms with Crippen molar-refractivity contribution in [3.05, 3.63) is 0 Å². The molecule has 2 amide bonds. The molecule has 0 aromatic heterocycles. The minimum atomic E-state index is -0.498. The van der Waals surface area contributed by atoms with Gasteiger partial charge in [0, 0.05) is 12.6 Å². The summed E-state index contributed by atoms with van der Waals surface area (Å²) in [7, 11) is 0. The second-order valence-corrected chi connectivity index (χ2v) is 3.08. The van der Waals surface area contributed by atoms with Crippen molar-refractivity contribution in [3.8, 4) is 0 Å². The van der Waals surface area contributed by atoms with E-state index in [0.29, 0.717) is 6.54 Å². The number of primary amides is 2. The van der Waals surface area contributed by atoms with E-state index in [1.165, 1.54) is 4.90 Å². The number of carbonyl (C=O) groups excluding carboxylic acids is 2. The molecule has 0 radical (unpaired) electrons. The molecule has 0 aromatic rings. The highest BCUT2D eigenvalue weighted by Crippen LogP contribution is 1.89. The van der Waals surface area contributed by atoms with E-state index in [2.05, 4.69) is 0 Å². The Labute approximate surface area is 77.0 Å². The largest absolute Gasteiger partial charge is 0.369 e. The molecule has 0 rings (SSSR count). The Bertz CT molecular complexity index is 177. The van der Waals surface area contributed by atoms with Gasteiger partial charge >= 0.3 is 0 Å². The van der Waals surface area contributed by atoms with E-state index in [1.807, 2.05) is 0 Å². The lowest BCUT2D eigenvalue weighted by Gasteiger charge is -2.20. The Morgan fingerprint density at radius 1 is 1.23 bits per heavy atom. The van der Waals surface area contributed by atoms with Crippen molar-refractivity contribution in [1.29, 1.82) is 0 Å². The predicted molar refractivity (Wildman–Crippen MR) is 48.5 cm³/mol. The molecule has 0 spiro atoms. The molecule has 6 N–H and O–H groups in total. The van der Waals surface area contributed by atoms with E-state index < -0.39 is 11.8 Å². The molecular weight excluding hydrogens is 172 g/mol. The van der Waals surface area contributed by atoms with E-state index in [-0.39, 0.29) is 19.1 Å². The summed E-state index contributed by atoms with van der Waals surface area (Å²) >= 11 is 0. The quantitative estimate of drug-likeness (QED) is 0.431. The molecule has 1 unspecified atom stereocenters. The van der Waals surface area contributed by atoms with Crippen LogP contribution in [0.4, 0.5) is 0 Å². The third-order valence-corrected chi connectivity index (χ3v) is 1.31. The van der Waals surface area contributed by atoms with Crippen molar-refractivity contribution >= 4 is 11.8 Å². The molecule has 0 aromatic carbocycles. The Kier molecular flexibility index (Phi) is 5.01. The van der Waals surface area contributed by atoms with Crippen molar-refractivity contribution in [2.24, 2.45) is 17.2 Å². The van der Waals surface area contributed by atoms with Crippen LogP contribution in [0.15, 0.2) is 0 Å². The number of amides is 2. The number of hydrogen-bond acceptors (Lipinski definition) is 4. The van der Waals surface area contributed by atoms with Crippen molar-refractivity contribution in [3.63, 3.8) is 0 Å². The first kappa shape index (κ1) is 11.9. The summed E-state index contributed by atoms with van der Waals surface area (Å²) in [4.78, 5) is 22.6. The average Bonchev–Trinajstić information content (AvgIpc) is 1.80. The topological polar surface area (TPSA) is 115 Å². The number of rotatable bonds is 6. The molecule has 0 aliphatic rings. The van der Waals surface area contributed by atoms with Crippen LogP contribution in [0.5, 0.6) is 0 Å². The van der Waals surface area contributed by atoms with E-state index in [1.54, 1.807) is 6.92 Å². The summed E-state index contributed by atoms with van der Waals surface area (Å²) in [5, 5.41) is 0. The third kappa shape index (κ3) is 7.23. The zero-order chi connectivity index (χ0) is 10.4. The Morgan fingerprint density at radius 2 is 1.62 bits per heavy atom. The maximum Gasteiger partial charge on any atom is 0.231 e. The fourth-order valence-corrected chi connectivity index (χ4v) is 1.03. The first-order valence-electron chi connectivity index (χ1n) is 3.96. The molecule has 6 heteroatoms. The summed E-state index contributed by atoms with van der Waals surface area (Å²) in [5.74, 6) is -0.996. The third-order valence-electron chi connectivity index (χ3n) is 1.31. The zero-order valence-corrected chi connectivity index (χ0v) is 7.69. The van der Waals surface area contributed by atoms with Gasteiger partial charge < -0.3 is 17.2 Å². The van der Waals surface area contributed by atoms with Crippen LogP contribution in [0.25, 0.3) is 0 Å². The molecule has 6 nitrogen and oxygen atoms in total. The van der Waals surface area contributed by atoms with Gasteiger partial charge in [-0.2, -0.15) is 0 Å². The summed E-state index contributed by atoms with van der Waals surface area (Å²) in [6.07, 6.45) is 0. The standard InChI is InChI=1S/C7H16N4O2/c1-5(8)2-11(3-6(9)12)4-7(10)13/h5H,2-4,8H2,1H3,(H2,9,12)(H2,10,13). The molecule has 0 heterocycles. The van der Waals surface area contributed by atoms with Gasteiger partial charge in [-0.15, -0.1) is 0 Å². The van der Waals surface area contributed by atoms with Gasteiger partial charge in [-0.1, -0.05) is 0 Å². The van der Waals surface area contributed by atoms with E-state index in [4.69, 9.17) is 17.2 Å². The summed E-state index contributed by atoms with van der Waals surface area (Å²) in [6, 6.07) is -0.126. The van der Waals surface area contributed by atoms with Crippen LogP contribution in [-0.4, -0.2) is 42.4 Å². The molecule has 0 aliphatic heterocycles. The van der Waals surface area contributed by atoms with Gasteiger partial charge in [0.15, 0.2) is 0 Å². The SMILES string of the molecule is CC(N)CN(CC(N)=O)CC(N)=O. The van der Waals surface area contributed by atoms with Crippen LogP contribution in [0.1, 0.15) is 6.92 Å². The van der Waals surface area contributed by atoms with Gasteiger partial charge in [0.2, 0.25) is 11.8 Å². The van der Waals surface area contributed by atoms with Crippen LogP contribution < -0.4 is 17.2 Å². The van der Waals surface area contributed by atoms with Gasteiger partial charge in [0.05, 0.1) is 13.1 Å². The maximum atomic E-state index is 10.6. The fourth-order valence-electron chi connectivity index (χ4n) is 1.03. The van der Waals surface area contributed by atoms with E-state index >= 15 is 0 Å². The van der Waals surface area contributed by atoms with Crippen LogP contribution in [0.2, 0.25) is 0 Å². The number of nitrogens with two attached hydrogens (primary N) is 3. The fraction of sp³-hybridized carbons (Fsp3) is 0.714. The number of carbonyl (C=O) groups is 2. The van der Waals surface area contributed by atoms with Crippen molar-refractivity contribution < 1.29 is 9.59 Å². The average molecular weight is 188 g/mol. The molecule has 0 aliphatic carbocycles. The molecular formula is C7H16N4O2. The highest BCUT2D eigenvalue weighted by atomic mass is 16.2. The van der Waals surface area contributed by atoms with Crippen LogP contribution in [0, 0.1) is 0 Å². The minimum absolute atomic E-state index is 0.00444. The number of nitrogens with zero attached hydrogens (tertiary/aromatic N) is 1. The first-order chi connectivity index (χ1) is 5.91. The summed E-state index contributed by atoms with van der Waals surface area (Å²) in [6.45, 7) is 2.20. The van der Waals surface area contributed by atoms with Gasteiger partial charge in [-0.25, -0.2) is 0 Å². The highest BCUT2D eigenvalue weighted by molar-refractivity contribution is 5.79. The van der Waals surface area contributed by atoms with Crippen molar-refractivity contribution in [1.82, 2.24) is 4.90 Å². The Hall–Kier alpha value is -1.14. The monoisotopic (exact) mass is 188 g/mol. The molecule has 13 heavy (non-hydrogen) atoms. The molecule has 1 atom stereocenters. The second kappa shape index (κ2) is 5.50. The van der Waals surface area contributed by atoms with Gasteiger partial charge in [-0.3, -0.25) is 14.5 Å². The molecule has 76 valence electrons. The van der Waals surface area contributed by atoms with Gasteiger partial charge in [-0.05, 0) is 6.92 Å². The maximum absolute atomic E-state index is 10.6. The molecule has 0 bridgehead atoms. The van der Waals surface area contributed by atoms with Gasteiger partial charge in [0.1, 0.15) is 0 Å². The van der Waals surface area contributed by atoms with Gasteiger partial charge in [0.25, 0.3) is 0 Å². The minimum Gasteiger partial charge on any atom is -0.369 e. The van der Waals surface area contributed by atoms with Crippen molar-refractivity contribution in [2.75, 3.05) is 19.6 Å². The lowest BCUT2D eigenvalue weighted by Crippen LogP contribution is -2.44. The lowest BCUT2D eigenvalue weighted by atomic mass is 10.3. The summed E-state index contributed by atoms with van der Waals surface area (Å²) in [5.41, 5.74) is 15.4. The van der Waals surface area contributed by atoms with E-state index in [9.17, 15) is 9.59 Å². The second-order valence-electron chi connectivity index (χ2n) is 3.08. The highest BCUT2D eigenvalue weighted by Gasteiger charge is 2.12.